The Morgan fingerprint density at radius 2 is 1.94 bits per heavy atom. The Bertz CT molecular complexity index is 1480. The molecule has 1 aliphatic heterocycles. The van der Waals surface area contributed by atoms with E-state index in [-0.39, 0.29) is 11.9 Å². The predicted octanol–water partition coefficient (Wildman–Crippen LogP) is 4.36. The third-order valence-corrected chi connectivity index (χ3v) is 6.42. The van der Waals surface area contributed by atoms with E-state index in [1.54, 1.807) is 17.1 Å². The van der Waals surface area contributed by atoms with Crippen LogP contribution in [0.25, 0.3) is 27.8 Å². The monoisotopic (exact) mass is 422 g/mol. The molecule has 0 saturated carbocycles. The van der Waals surface area contributed by atoms with Gasteiger partial charge in [-0.3, -0.25) is 4.79 Å². The van der Waals surface area contributed by atoms with Crippen LogP contribution >= 0.6 is 0 Å². The van der Waals surface area contributed by atoms with E-state index in [1.807, 2.05) is 42.2 Å². The van der Waals surface area contributed by atoms with Gasteiger partial charge < -0.3 is 9.88 Å². The van der Waals surface area contributed by atoms with Gasteiger partial charge in [0.2, 0.25) is 0 Å². The minimum absolute atomic E-state index is 0.0128. The molecule has 0 spiro atoms. The number of carbonyl (C=O) groups excluding carboxylic acids is 1. The summed E-state index contributed by atoms with van der Waals surface area (Å²) in [4.78, 5) is 27.9. The van der Waals surface area contributed by atoms with Crippen molar-refractivity contribution < 1.29 is 4.79 Å². The number of nitrogens with one attached hydrogen (secondary N) is 1. The zero-order valence-corrected chi connectivity index (χ0v) is 17.9. The molecule has 1 unspecified atom stereocenters. The van der Waals surface area contributed by atoms with Gasteiger partial charge in [0.25, 0.3) is 5.91 Å². The van der Waals surface area contributed by atoms with E-state index in [1.165, 1.54) is 10.9 Å². The second-order valence-electron chi connectivity index (χ2n) is 8.27. The summed E-state index contributed by atoms with van der Waals surface area (Å²) in [7, 11) is 0. The van der Waals surface area contributed by atoms with Crippen molar-refractivity contribution in [2.45, 2.75) is 26.3 Å². The maximum atomic E-state index is 13.5. The lowest BCUT2D eigenvalue weighted by molar-refractivity contribution is 0.0674. The smallest absolute Gasteiger partial charge is 0.256 e. The number of H-pyrrole nitrogens is 1. The standard InChI is InChI=1S/C25H22N6O/c1-15-20-13-17(14-27-24(20)31(29-15)22-9-5-6-11-26-22)25(32)30-12-10-19-18-7-3-4-8-21(18)28-23(19)16(30)2/h3-9,11,13-14,16,28H,10,12H2,1-2H3. The predicted molar refractivity (Wildman–Crippen MR) is 123 cm³/mol. The summed E-state index contributed by atoms with van der Waals surface area (Å²) in [6, 6.07) is 15.9. The lowest BCUT2D eigenvalue weighted by atomic mass is 9.97. The molecule has 0 fully saturated rings. The van der Waals surface area contributed by atoms with E-state index in [0.717, 1.165) is 28.7 Å². The molecule has 4 aromatic heterocycles. The number of pyridine rings is 2. The van der Waals surface area contributed by atoms with Gasteiger partial charge in [0.1, 0.15) is 0 Å². The Morgan fingerprint density at radius 3 is 2.78 bits per heavy atom. The molecule has 1 aromatic carbocycles. The highest BCUT2D eigenvalue weighted by Crippen LogP contribution is 2.35. The number of aryl methyl sites for hydroxylation is 1. The molecular weight excluding hydrogens is 400 g/mol. The minimum Gasteiger partial charge on any atom is -0.356 e. The van der Waals surface area contributed by atoms with E-state index < -0.39 is 0 Å². The molecule has 32 heavy (non-hydrogen) atoms. The molecule has 7 heteroatoms. The average molecular weight is 422 g/mol. The maximum Gasteiger partial charge on any atom is 0.256 e. The number of para-hydroxylation sites is 1. The van der Waals surface area contributed by atoms with Crippen molar-refractivity contribution in [2.75, 3.05) is 6.54 Å². The molecule has 5 aromatic rings. The van der Waals surface area contributed by atoms with Crippen LogP contribution in [0.1, 0.15) is 40.3 Å². The summed E-state index contributed by atoms with van der Waals surface area (Å²) in [6.45, 7) is 4.69. The van der Waals surface area contributed by atoms with Crippen LogP contribution in [0.15, 0.2) is 60.9 Å². The number of aromatic amines is 1. The van der Waals surface area contributed by atoms with E-state index in [0.29, 0.717) is 23.6 Å². The maximum absolute atomic E-state index is 13.5. The highest BCUT2D eigenvalue weighted by Gasteiger charge is 2.31. The molecule has 0 bridgehead atoms. The van der Waals surface area contributed by atoms with Crippen molar-refractivity contribution in [3.8, 4) is 5.82 Å². The average Bonchev–Trinajstić information content (AvgIpc) is 3.38. The van der Waals surface area contributed by atoms with Gasteiger partial charge in [-0.15, -0.1) is 0 Å². The molecule has 5 heterocycles. The fraction of sp³-hybridized carbons (Fsp3) is 0.200. The second kappa shape index (κ2) is 7.02. The first kappa shape index (κ1) is 18.7. The number of benzene rings is 1. The highest BCUT2D eigenvalue weighted by atomic mass is 16.2. The molecule has 1 N–H and O–H groups in total. The van der Waals surface area contributed by atoms with Gasteiger partial charge >= 0.3 is 0 Å². The van der Waals surface area contributed by atoms with Gasteiger partial charge in [0, 0.05) is 40.9 Å². The molecule has 1 aliphatic rings. The van der Waals surface area contributed by atoms with Crippen LogP contribution in [0.4, 0.5) is 0 Å². The van der Waals surface area contributed by atoms with Crippen LogP contribution in [-0.2, 0) is 6.42 Å². The van der Waals surface area contributed by atoms with E-state index in [2.05, 4.69) is 45.2 Å². The van der Waals surface area contributed by atoms with Gasteiger partial charge in [0.15, 0.2) is 11.5 Å². The van der Waals surface area contributed by atoms with E-state index >= 15 is 0 Å². The van der Waals surface area contributed by atoms with E-state index in [9.17, 15) is 4.79 Å². The molecule has 7 nitrogen and oxygen atoms in total. The summed E-state index contributed by atoms with van der Waals surface area (Å²) in [5, 5.41) is 6.71. The number of amides is 1. The summed E-state index contributed by atoms with van der Waals surface area (Å²) in [5.41, 5.74) is 5.66. The number of aromatic nitrogens is 5. The van der Waals surface area contributed by atoms with Crippen molar-refractivity contribution in [1.82, 2.24) is 29.6 Å². The van der Waals surface area contributed by atoms with Crippen LogP contribution in [0.3, 0.4) is 0 Å². The van der Waals surface area contributed by atoms with Crippen LogP contribution in [-0.4, -0.2) is 42.1 Å². The summed E-state index contributed by atoms with van der Waals surface area (Å²) in [6.07, 6.45) is 4.21. The zero-order valence-electron chi connectivity index (χ0n) is 17.9. The Kier molecular flexibility index (Phi) is 4.11. The Balaban J connectivity index is 1.36. The number of hydrogen-bond acceptors (Lipinski definition) is 4. The van der Waals surface area contributed by atoms with Crippen molar-refractivity contribution in [3.63, 3.8) is 0 Å². The zero-order chi connectivity index (χ0) is 21.8. The van der Waals surface area contributed by atoms with Crippen LogP contribution in [0.5, 0.6) is 0 Å². The van der Waals surface area contributed by atoms with Crippen molar-refractivity contribution in [1.29, 1.82) is 0 Å². The molecule has 6 rings (SSSR count). The van der Waals surface area contributed by atoms with Crippen LogP contribution < -0.4 is 0 Å². The first-order valence-electron chi connectivity index (χ1n) is 10.8. The lowest BCUT2D eigenvalue weighted by Crippen LogP contribution is -2.38. The highest BCUT2D eigenvalue weighted by molar-refractivity contribution is 5.98. The quantitative estimate of drug-likeness (QED) is 0.458. The van der Waals surface area contributed by atoms with Gasteiger partial charge in [-0.1, -0.05) is 24.3 Å². The molecular formula is C25H22N6O. The number of hydrogen-bond donors (Lipinski definition) is 1. The van der Waals surface area contributed by atoms with Gasteiger partial charge in [-0.2, -0.15) is 9.78 Å². The molecule has 1 atom stereocenters. The molecule has 0 radical (unpaired) electrons. The normalized spacial score (nSPS) is 15.9. The third-order valence-electron chi connectivity index (χ3n) is 6.42. The summed E-state index contributed by atoms with van der Waals surface area (Å²) in [5.74, 6) is 0.689. The van der Waals surface area contributed by atoms with Gasteiger partial charge in [-0.05, 0) is 50.1 Å². The molecule has 1 amide bonds. The van der Waals surface area contributed by atoms with Crippen molar-refractivity contribution >= 4 is 27.8 Å². The largest absolute Gasteiger partial charge is 0.356 e. The van der Waals surface area contributed by atoms with Crippen molar-refractivity contribution in [3.05, 3.63) is 83.4 Å². The van der Waals surface area contributed by atoms with Crippen LogP contribution in [0.2, 0.25) is 0 Å². The third kappa shape index (κ3) is 2.74. The Labute approximate surface area is 184 Å². The summed E-state index contributed by atoms with van der Waals surface area (Å²) >= 11 is 0. The topological polar surface area (TPSA) is 79.7 Å². The fourth-order valence-corrected chi connectivity index (χ4v) is 4.77. The number of carbonyl (C=O) groups is 1. The lowest BCUT2D eigenvalue weighted by Gasteiger charge is -2.33. The number of nitrogens with zero attached hydrogens (tertiary/aromatic N) is 5. The fourth-order valence-electron chi connectivity index (χ4n) is 4.77. The van der Waals surface area contributed by atoms with E-state index in [4.69, 9.17) is 0 Å². The SMILES string of the molecule is Cc1nn(-c2ccccn2)c2ncc(C(=O)N3CCc4c([nH]c5ccccc45)C3C)cc12. The van der Waals surface area contributed by atoms with Gasteiger partial charge in [-0.25, -0.2) is 9.97 Å². The first-order chi connectivity index (χ1) is 15.6. The molecule has 0 saturated heterocycles. The molecule has 158 valence electrons. The van der Waals surface area contributed by atoms with Crippen LogP contribution in [0, 0.1) is 6.92 Å². The van der Waals surface area contributed by atoms with Gasteiger partial charge in [0.05, 0.1) is 17.3 Å². The first-order valence-corrected chi connectivity index (χ1v) is 10.8. The second-order valence-corrected chi connectivity index (χ2v) is 8.27. The number of fused-ring (bicyclic) bond motifs is 4. The summed E-state index contributed by atoms with van der Waals surface area (Å²) < 4.78 is 1.72. The molecule has 0 aliphatic carbocycles. The minimum atomic E-state index is -0.0355. The number of rotatable bonds is 2. The Morgan fingerprint density at radius 1 is 1.09 bits per heavy atom. The van der Waals surface area contributed by atoms with Crippen molar-refractivity contribution in [2.24, 2.45) is 0 Å². The Hall–Kier alpha value is -4.00.